The van der Waals surface area contributed by atoms with Crippen LogP contribution >= 0.6 is 23.5 Å². The summed E-state index contributed by atoms with van der Waals surface area (Å²) < 4.78 is 32.1. The lowest BCUT2D eigenvalue weighted by atomic mass is 9.67. The summed E-state index contributed by atoms with van der Waals surface area (Å²) in [6.45, 7) is 13.0. The van der Waals surface area contributed by atoms with Gasteiger partial charge < -0.3 is 19.3 Å². The molecule has 7 nitrogen and oxygen atoms in total. The first-order valence-electron chi connectivity index (χ1n) is 18.8. The number of hydrogen-bond acceptors (Lipinski definition) is 7. The van der Waals surface area contributed by atoms with E-state index < -0.39 is 0 Å². The molecule has 2 spiro atoms. The van der Waals surface area contributed by atoms with E-state index in [0.29, 0.717) is 42.4 Å². The van der Waals surface area contributed by atoms with Crippen molar-refractivity contribution < 1.29 is 18.7 Å². The highest BCUT2D eigenvalue weighted by Gasteiger charge is 2.50. The molecule has 10 heteroatoms. The van der Waals surface area contributed by atoms with Gasteiger partial charge in [-0.1, -0.05) is 30.7 Å². The molecule has 6 aliphatic rings. The molecule has 1 N–H and O–H groups in total. The van der Waals surface area contributed by atoms with Crippen LogP contribution in [0.25, 0.3) is 0 Å². The zero-order chi connectivity index (χ0) is 34.6. The standard InChI is InChI=1S/C40H52ClFN4O3S/c1-26-6-4-7-27(2)50-43-38(47)28-10-14-35-34(18-28)46(24-40(25-49-35)15-5-8-31-32(40)12-13-33(41)36(31)42)19-29-9-11-30(29)37(26)48-17-16-45-22-39(23-45)20-44(3)21-39/h6,10,12-14,18,27,29-30,37H,4-5,7-9,11,15-17,19-25H2,1-3H3,(H,43,47)/b26-6+/t27?,29-,30?,37?,40?/m0/s1. The smallest absolute Gasteiger partial charge is 0.261 e. The van der Waals surface area contributed by atoms with Gasteiger partial charge in [0.15, 0.2) is 0 Å². The number of amides is 1. The summed E-state index contributed by atoms with van der Waals surface area (Å²) in [5.41, 5.74) is 4.80. The highest BCUT2D eigenvalue weighted by molar-refractivity contribution is 7.98. The lowest BCUT2D eigenvalue weighted by molar-refractivity contribution is -0.115. The van der Waals surface area contributed by atoms with Crippen molar-refractivity contribution in [1.29, 1.82) is 0 Å². The van der Waals surface area contributed by atoms with Crippen LogP contribution in [0.3, 0.4) is 0 Å². The number of benzene rings is 2. The molecule has 270 valence electrons. The summed E-state index contributed by atoms with van der Waals surface area (Å²) >= 11 is 7.80. The molecular formula is C40H52ClFN4O3S. The van der Waals surface area contributed by atoms with Crippen molar-refractivity contribution >= 4 is 35.1 Å². The number of halogens is 2. The molecule has 8 rings (SSSR count). The molecule has 0 aromatic heterocycles. The van der Waals surface area contributed by atoms with E-state index in [4.69, 9.17) is 21.1 Å². The monoisotopic (exact) mass is 722 g/mol. The van der Waals surface area contributed by atoms with Crippen LogP contribution in [0.2, 0.25) is 5.02 Å². The van der Waals surface area contributed by atoms with E-state index >= 15 is 4.39 Å². The fourth-order valence-electron chi connectivity index (χ4n) is 9.99. The lowest BCUT2D eigenvalue weighted by Crippen LogP contribution is -2.71. The SMILES string of the molecule is C/C1=C\CCC(C)SNC(=O)c2ccc3c(c2)N(C[C@@H]2CCC2C1OCCN1CC2(CN(C)C2)C1)CC1(CCCc2c1ccc(Cl)c2F)CO3. The van der Waals surface area contributed by atoms with Crippen LogP contribution in [-0.2, 0) is 16.6 Å². The third-order valence-electron chi connectivity index (χ3n) is 12.6. The van der Waals surface area contributed by atoms with E-state index in [1.165, 1.54) is 43.7 Å². The summed E-state index contributed by atoms with van der Waals surface area (Å²) in [6.07, 6.45) is 9.16. The lowest BCUT2D eigenvalue weighted by Gasteiger charge is -2.59. The largest absolute Gasteiger partial charge is 0.490 e. The van der Waals surface area contributed by atoms with Crippen LogP contribution in [0.5, 0.6) is 5.75 Å². The Balaban J connectivity index is 1.08. The average molecular weight is 723 g/mol. The van der Waals surface area contributed by atoms with Crippen molar-refractivity contribution in [1.82, 2.24) is 14.5 Å². The first-order valence-corrected chi connectivity index (χ1v) is 20.0. The van der Waals surface area contributed by atoms with E-state index in [0.717, 1.165) is 80.8 Å². The summed E-state index contributed by atoms with van der Waals surface area (Å²) in [5, 5.41) is 0.458. The molecule has 50 heavy (non-hydrogen) atoms. The quantitative estimate of drug-likeness (QED) is 0.267. The molecule has 4 unspecified atom stereocenters. The first-order chi connectivity index (χ1) is 24.1. The molecule has 2 aromatic carbocycles. The number of ether oxygens (including phenoxy) is 2. The van der Waals surface area contributed by atoms with E-state index in [-0.39, 0.29) is 33.5 Å². The van der Waals surface area contributed by atoms with Crippen molar-refractivity contribution in [3.05, 3.63) is 69.5 Å². The Kier molecular flexibility index (Phi) is 9.68. The van der Waals surface area contributed by atoms with Gasteiger partial charge in [-0.25, -0.2) is 4.39 Å². The molecule has 0 radical (unpaired) electrons. The van der Waals surface area contributed by atoms with Crippen molar-refractivity contribution in [3.63, 3.8) is 0 Å². The van der Waals surface area contributed by atoms with Crippen LogP contribution < -0.4 is 14.4 Å². The van der Waals surface area contributed by atoms with Gasteiger partial charge in [-0.05, 0) is 124 Å². The molecule has 2 saturated heterocycles. The summed E-state index contributed by atoms with van der Waals surface area (Å²) in [4.78, 5) is 20.9. The molecular weight excluding hydrogens is 671 g/mol. The number of likely N-dealkylation sites (tertiary alicyclic amines) is 2. The Morgan fingerprint density at radius 2 is 1.96 bits per heavy atom. The van der Waals surface area contributed by atoms with Crippen LogP contribution in [-0.4, -0.2) is 93.1 Å². The van der Waals surface area contributed by atoms with Gasteiger partial charge >= 0.3 is 0 Å². The maximum absolute atomic E-state index is 15.5. The average Bonchev–Trinajstić information content (AvgIpc) is 3.21. The van der Waals surface area contributed by atoms with Crippen LogP contribution in [0.15, 0.2) is 42.0 Å². The van der Waals surface area contributed by atoms with E-state index in [1.54, 1.807) is 6.07 Å². The van der Waals surface area contributed by atoms with Gasteiger partial charge in [0.2, 0.25) is 0 Å². The normalized spacial score (nSPS) is 32.3. The molecule has 2 aromatic rings. The minimum absolute atomic E-state index is 0.0871. The Hall–Kier alpha value is -2.30. The molecule has 1 saturated carbocycles. The second kappa shape index (κ2) is 13.9. The van der Waals surface area contributed by atoms with Crippen molar-refractivity contribution in [2.45, 2.75) is 75.6 Å². The number of nitrogens with zero attached hydrogens (tertiary/aromatic N) is 3. The zero-order valence-electron chi connectivity index (χ0n) is 29.8. The summed E-state index contributed by atoms with van der Waals surface area (Å²) in [6, 6.07) is 9.58. The number of carbonyl (C=O) groups is 1. The predicted octanol–water partition coefficient (Wildman–Crippen LogP) is 7.12. The highest BCUT2D eigenvalue weighted by Crippen LogP contribution is 2.48. The van der Waals surface area contributed by atoms with E-state index in [1.807, 2.05) is 24.3 Å². The Morgan fingerprint density at radius 1 is 1.12 bits per heavy atom. The van der Waals surface area contributed by atoms with E-state index in [9.17, 15) is 4.79 Å². The Morgan fingerprint density at radius 3 is 2.74 bits per heavy atom. The van der Waals surface area contributed by atoms with Gasteiger partial charge in [0.25, 0.3) is 5.91 Å². The second-order valence-electron chi connectivity index (χ2n) is 16.4. The van der Waals surface area contributed by atoms with Gasteiger partial charge in [-0.2, -0.15) is 0 Å². The molecule has 5 atom stereocenters. The van der Waals surface area contributed by atoms with Crippen molar-refractivity contribution in [2.75, 3.05) is 71.0 Å². The minimum atomic E-state index is -0.388. The third kappa shape index (κ3) is 6.59. The van der Waals surface area contributed by atoms with Crippen LogP contribution in [0.4, 0.5) is 10.1 Å². The maximum atomic E-state index is 15.5. The second-order valence-corrected chi connectivity index (χ2v) is 18.1. The number of nitrogens with one attached hydrogen (secondary N) is 1. The van der Waals surface area contributed by atoms with Crippen molar-refractivity contribution in [3.8, 4) is 5.75 Å². The molecule has 1 amide bonds. The summed E-state index contributed by atoms with van der Waals surface area (Å²) in [7, 11) is 2.22. The number of anilines is 1. The molecule has 4 aliphatic heterocycles. The number of carbonyl (C=O) groups excluding carboxylic acids is 1. The maximum Gasteiger partial charge on any atom is 0.261 e. The minimum Gasteiger partial charge on any atom is -0.490 e. The molecule has 2 bridgehead atoms. The fourth-order valence-corrected chi connectivity index (χ4v) is 10.8. The van der Waals surface area contributed by atoms with Crippen LogP contribution in [0, 0.1) is 23.1 Å². The Labute approximate surface area is 306 Å². The zero-order valence-corrected chi connectivity index (χ0v) is 31.4. The Bertz CT molecular complexity index is 1640. The molecule has 3 fully saturated rings. The predicted molar refractivity (Wildman–Crippen MR) is 200 cm³/mol. The van der Waals surface area contributed by atoms with Crippen molar-refractivity contribution in [2.24, 2.45) is 17.3 Å². The number of fused-ring (bicyclic) bond motifs is 4. The topological polar surface area (TPSA) is 57.3 Å². The fraction of sp³-hybridized carbons (Fsp3) is 0.625. The third-order valence-corrected chi connectivity index (χ3v) is 13.8. The van der Waals surface area contributed by atoms with E-state index in [2.05, 4.69) is 46.4 Å². The number of hydrogen-bond donors (Lipinski definition) is 1. The van der Waals surface area contributed by atoms with Gasteiger partial charge in [-0.3, -0.25) is 14.4 Å². The van der Waals surface area contributed by atoms with Gasteiger partial charge in [0, 0.05) is 67.5 Å². The van der Waals surface area contributed by atoms with Gasteiger partial charge in [0.05, 0.1) is 30.0 Å². The number of allylic oxidation sites excluding steroid dienone is 1. The number of rotatable bonds is 4. The molecule has 2 aliphatic carbocycles. The highest BCUT2D eigenvalue weighted by atomic mass is 35.5. The van der Waals surface area contributed by atoms with Gasteiger partial charge in [-0.15, -0.1) is 0 Å². The summed E-state index contributed by atoms with van der Waals surface area (Å²) in [5.74, 6) is 1.24. The molecule has 4 heterocycles. The van der Waals surface area contributed by atoms with Crippen LogP contribution in [0.1, 0.15) is 73.9 Å². The first kappa shape index (κ1) is 34.8. The van der Waals surface area contributed by atoms with Gasteiger partial charge in [0.1, 0.15) is 11.6 Å².